The molecule has 22 heavy (non-hydrogen) atoms. The third-order valence-electron chi connectivity index (χ3n) is 3.95. The van der Waals surface area contributed by atoms with Gasteiger partial charge in [0.15, 0.2) is 0 Å². The smallest absolute Gasteiger partial charge is 0.241 e. The van der Waals surface area contributed by atoms with Gasteiger partial charge in [0.2, 0.25) is 5.91 Å². The molecule has 0 N–H and O–H groups in total. The van der Waals surface area contributed by atoms with E-state index in [0.29, 0.717) is 16.3 Å². The van der Waals surface area contributed by atoms with E-state index in [1.165, 1.54) is 0 Å². The summed E-state index contributed by atoms with van der Waals surface area (Å²) in [6, 6.07) is 13.0. The van der Waals surface area contributed by atoms with Crippen molar-refractivity contribution in [3.8, 4) is 6.07 Å². The Balaban J connectivity index is 2.29. The molecule has 1 amide bonds. The number of anilines is 2. The quantitative estimate of drug-likeness (QED) is 0.709. The lowest BCUT2D eigenvalue weighted by Crippen LogP contribution is -2.33. The number of fused-ring (bicyclic) bond motifs is 1. The summed E-state index contributed by atoms with van der Waals surface area (Å²) in [6.07, 6.45) is 0. The topological polar surface area (TPSA) is 44.1 Å². The van der Waals surface area contributed by atoms with E-state index in [1.807, 2.05) is 32.0 Å². The molecule has 2 aromatic carbocycles. The van der Waals surface area contributed by atoms with Gasteiger partial charge in [-0.25, -0.2) is 0 Å². The van der Waals surface area contributed by atoms with E-state index in [-0.39, 0.29) is 5.91 Å². The number of hydrogen-bond donors (Lipinski definition) is 0. The highest BCUT2D eigenvalue weighted by Crippen LogP contribution is 2.47. The molecule has 110 valence electrons. The second-order valence-electron chi connectivity index (χ2n) is 5.67. The number of nitrogens with zero attached hydrogens (tertiary/aromatic N) is 2. The lowest BCUT2D eigenvalue weighted by atomic mass is 9.86. The standard InChI is InChI=1S/C17H12BrClN2O/c1-17(2)12-8-10(18)6-7-15(12)21(16(17)22)14-5-3-4-13(19)11(14)9-20/h3-8H,1-2H3. The molecule has 0 radical (unpaired) electrons. The van der Waals surface area contributed by atoms with Crippen molar-refractivity contribution >= 4 is 44.8 Å². The Labute approximate surface area is 142 Å². The van der Waals surface area contributed by atoms with Gasteiger partial charge in [-0.15, -0.1) is 0 Å². The summed E-state index contributed by atoms with van der Waals surface area (Å²) in [6.45, 7) is 3.77. The molecule has 0 aliphatic carbocycles. The summed E-state index contributed by atoms with van der Waals surface area (Å²) in [7, 11) is 0. The summed E-state index contributed by atoms with van der Waals surface area (Å²) in [5, 5.41) is 9.73. The fourth-order valence-corrected chi connectivity index (χ4v) is 3.33. The summed E-state index contributed by atoms with van der Waals surface area (Å²) >= 11 is 9.56. The SMILES string of the molecule is CC1(C)C(=O)N(c2cccc(Cl)c2C#N)c2ccc(Br)cc21. The van der Waals surface area contributed by atoms with E-state index in [2.05, 4.69) is 22.0 Å². The minimum atomic E-state index is -0.659. The average molecular weight is 376 g/mol. The van der Waals surface area contributed by atoms with E-state index in [4.69, 9.17) is 11.6 Å². The second kappa shape index (κ2) is 5.12. The van der Waals surface area contributed by atoms with Crippen molar-refractivity contribution in [2.45, 2.75) is 19.3 Å². The average Bonchev–Trinajstić information content (AvgIpc) is 2.67. The first kappa shape index (κ1) is 15.1. The van der Waals surface area contributed by atoms with Crippen LogP contribution in [0.15, 0.2) is 40.9 Å². The van der Waals surface area contributed by atoms with Gasteiger partial charge in [-0.05, 0) is 49.7 Å². The van der Waals surface area contributed by atoms with Crippen molar-refractivity contribution in [1.82, 2.24) is 0 Å². The van der Waals surface area contributed by atoms with Crippen LogP contribution in [0.25, 0.3) is 0 Å². The number of hydrogen-bond acceptors (Lipinski definition) is 2. The minimum Gasteiger partial charge on any atom is -0.279 e. The third-order valence-corrected chi connectivity index (χ3v) is 4.76. The fourth-order valence-electron chi connectivity index (χ4n) is 2.76. The molecule has 0 saturated heterocycles. The highest BCUT2D eigenvalue weighted by molar-refractivity contribution is 9.10. The zero-order chi connectivity index (χ0) is 16.1. The maximum Gasteiger partial charge on any atom is 0.241 e. The predicted octanol–water partition coefficient (Wildman–Crippen LogP) is 4.93. The molecule has 0 saturated carbocycles. The van der Waals surface area contributed by atoms with E-state index >= 15 is 0 Å². The summed E-state index contributed by atoms with van der Waals surface area (Å²) in [4.78, 5) is 14.5. The normalized spacial score (nSPS) is 15.6. The van der Waals surface area contributed by atoms with Crippen LogP contribution in [-0.2, 0) is 10.2 Å². The number of nitriles is 1. The van der Waals surface area contributed by atoms with Crippen LogP contribution in [0.2, 0.25) is 5.02 Å². The van der Waals surface area contributed by atoms with Crippen LogP contribution in [0.4, 0.5) is 11.4 Å². The molecular formula is C17H12BrClN2O. The van der Waals surface area contributed by atoms with Gasteiger partial charge < -0.3 is 0 Å². The van der Waals surface area contributed by atoms with Crippen molar-refractivity contribution in [3.05, 3.63) is 57.0 Å². The zero-order valence-electron chi connectivity index (χ0n) is 12.0. The molecule has 0 aromatic heterocycles. The maximum atomic E-state index is 12.9. The molecule has 3 rings (SSSR count). The molecule has 2 aromatic rings. The second-order valence-corrected chi connectivity index (χ2v) is 7.00. The number of carbonyl (C=O) groups is 1. The fraction of sp³-hybridized carbons (Fsp3) is 0.176. The molecule has 3 nitrogen and oxygen atoms in total. The molecule has 0 atom stereocenters. The van der Waals surface area contributed by atoms with Gasteiger partial charge in [-0.1, -0.05) is 33.6 Å². The summed E-state index contributed by atoms with van der Waals surface area (Å²) in [5.41, 5.74) is 1.89. The van der Waals surface area contributed by atoms with Gasteiger partial charge in [0, 0.05) is 4.47 Å². The first-order valence-electron chi connectivity index (χ1n) is 6.71. The van der Waals surface area contributed by atoms with Crippen LogP contribution in [0.3, 0.4) is 0 Å². The molecule has 0 bridgehead atoms. The highest BCUT2D eigenvalue weighted by atomic mass is 79.9. The zero-order valence-corrected chi connectivity index (χ0v) is 14.4. The molecule has 1 aliphatic rings. The predicted molar refractivity (Wildman–Crippen MR) is 90.5 cm³/mol. The van der Waals surface area contributed by atoms with Gasteiger partial charge in [0.25, 0.3) is 0 Å². The van der Waals surface area contributed by atoms with E-state index in [9.17, 15) is 10.1 Å². The molecular weight excluding hydrogens is 364 g/mol. The van der Waals surface area contributed by atoms with E-state index in [1.54, 1.807) is 23.1 Å². The Morgan fingerprint density at radius 1 is 1.23 bits per heavy atom. The van der Waals surface area contributed by atoms with Crippen LogP contribution in [0.1, 0.15) is 25.0 Å². The van der Waals surface area contributed by atoms with Crippen molar-refractivity contribution in [2.75, 3.05) is 4.90 Å². The molecule has 0 unspecified atom stereocenters. The van der Waals surface area contributed by atoms with Crippen LogP contribution in [0, 0.1) is 11.3 Å². The van der Waals surface area contributed by atoms with Crippen LogP contribution < -0.4 is 4.90 Å². The molecule has 0 spiro atoms. The Hall–Kier alpha value is -1.83. The van der Waals surface area contributed by atoms with Crippen LogP contribution in [-0.4, -0.2) is 5.91 Å². The molecule has 0 fully saturated rings. The van der Waals surface area contributed by atoms with Gasteiger partial charge in [0.05, 0.1) is 27.4 Å². The van der Waals surface area contributed by atoms with Gasteiger partial charge in [0.1, 0.15) is 6.07 Å². The van der Waals surface area contributed by atoms with Crippen molar-refractivity contribution in [2.24, 2.45) is 0 Å². The highest BCUT2D eigenvalue weighted by Gasteiger charge is 2.45. The monoisotopic (exact) mass is 374 g/mol. The molecule has 1 heterocycles. The van der Waals surface area contributed by atoms with Crippen LogP contribution >= 0.6 is 27.5 Å². The number of carbonyl (C=O) groups excluding carboxylic acids is 1. The van der Waals surface area contributed by atoms with Crippen molar-refractivity contribution in [1.29, 1.82) is 5.26 Å². The summed E-state index contributed by atoms with van der Waals surface area (Å²) < 4.78 is 0.917. The van der Waals surface area contributed by atoms with E-state index < -0.39 is 5.41 Å². The lowest BCUT2D eigenvalue weighted by molar-refractivity contribution is -0.121. The Kier molecular flexibility index (Phi) is 3.51. The lowest BCUT2D eigenvalue weighted by Gasteiger charge is -2.21. The minimum absolute atomic E-state index is 0.0700. The number of rotatable bonds is 1. The van der Waals surface area contributed by atoms with Crippen LogP contribution in [0.5, 0.6) is 0 Å². The number of halogens is 2. The van der Waals surface area contributed by atoms with Gasteiger partial charge >= 0.3 is 0 Å². The maximum absolute atomic E-state index is 12.9. The number of benzene rings is 2. The molecule has 5 heteroatoms. The summed E-state index contributed by atoms with van der Waals surface area (Å²) in [5.74, 6) is -0.0700. The van der Waals surface area contributed by atoms with Gasteiger partial charge in [-0.2, -0.15) is 5.26 Å². The van der Waals surface area contributed by atoms with Gasteiger partial charge in [-0.3, -0.25) is 9.69 Å². The third kappa shape index (κ3) is 2.05. The Bertz CT molecular complexity index is 839. The van der Waals surface area contributed by atoms with Crippen molar-refractivity contribution in [3.63, 3.8) is 0 Å². The first-order chi connectivity index (χ1) is 10.4. The number of amides is 1. The van der Waals surface area contributed by atoms with E-state index in [0.717, 1.165) is 15.7 Å². The largest absolute Gasteiger partial charge is 0.279 e. The Morgan fingerprint density at radius 3 is 2.64 bits per heavy atom. The molecule has 1 aliphatic heterocycles. The van der Waals surface area contributed by atoms with Crippen molar-refractivity contribution < 1.29 is 4.79 Å². The first-order valence-corrected chi connectivity index (χ1v) is 7.88. The Morgan fingerprint density at radius 2 is 1.95 bits per heavy atom.